The number of nitrogens with one attached hydrogen (secondary N) is 2. The molecular formula is C21H30IN5O2. The minimum absolute atomic E-state index is 0. The molecule has 2 aromatic rings. The summed E-state index contributed by atoms with van der Waals surface area (Å²) in [5, 5.41) is 7.65. The van der Waals surface area contributed by atoms with Crippen LogP contribution in [0.25, 0.3) is 11.0 Å². The SMILES string of the molecule is CN=C(NCc1oc2ccccc2c1C)N1CCN(CC(=O)NC2CC2)CC1.I. The van der Waals surface area contributed by atoms with Crippen molar-refractivity contribution in [1.82, 2.24) is 20.4 Å². The van der Waals surface area contributed by atoms with Crippen LogP contribution < -0.4 is 10.6 Å². The Morgan fingerprint density at radius 3 is 2.59 bits per heavy atom. The molecule has 8 heteroatoms. The summed E-state index contributed by atoms with van der Waals surface area (Å²) in [7, 11) is 1.81. The molecule has 4 rings (SSSR count). The lowest BCUT2D eigenvalue weighted by Gasteiger charge is -2.36. The predicted molar refractivity (Wildman–Crippen MR) is 126 cm³/mol. The Morgan fingerprint density at radius 2 is 1.93 bits per heavy atom. The molecule has 1 saturated heterocycles. The van der Waals surface area contributed by atoms with E-state index in [0.717, 1.165) is 61.7 Å². The standard InChI is InChI=1S/C21H29N5O2.HI/c1-15-17-5-3-4-6-18(17)28-19(15)13-23-21(22-2)26-11-9-25(10-12-26)14-20(27)24-16-7-8-16;/h3-6,16H,7-14H2,1-2H3,(H,22,23)(H,24,27);1H. The van der Waals surface area contributed by atoms with Crippen molar-refractivity contribution in [3.05, 3.63) is 35.6 Å². The summed E-state index contributed by atoms with van der Waals surface area (Å²) in [5.41, 5.74) is 2.09. The molecule has 1 aromatic carbocycles. The fourth-order valence-corrected chi connectivity index (χ4v) is 3.71. The van der Waals surface area contributed by atoms with Crippen LogP contribution in [0.3, 0.4) is 0 Å². The van der Waals surface area contributed by atoms with Crippen molar-refractivity contribution in [1.29, 1.82) is 0 Å². The van der Waals surface area contributed by atoms with Crippen LogP contribution in [-0.2, 0) is 11.3 Å². The van der Waals surface area contributed by atoms with Gasteiger partial charge >= 0.3 is 0 Å². The van der Waals surface area contributed by atoms with E-state index in [1.54, 1.807) is 0 Å². The van der Waals surface area contributed by atoms with E-state index >= 15 is 0 Å². The molecule has 0 atom stereocenters. The van der Waals surface area contributed by atoms with Crippen molar-refractivity contribution in [3.63, 3.8) is 0 Å². The number of rotatable bonds is 5. The summed E-state index contributed by atoms with van der Waals surface area (Å²) in [6, 6.07) is 8.54. The number of nitrogens with zero attached hydrogens (tertiary/aromatic N) is 3. The van der Waals surface area contributed by atoms with Gasteiger partial charge in [-0.25, -0.2) is 0 Å². The Bertz CT molecular complexity index is 869. The van der Waals surface area contributed by atoms with Gasteiger partial charge < -0.3 is 20.0 Å². The van der Waals surface area contributed by atoms with Crippen LogP contribution in [0, 0.1) is 6.92 Å². The molecule has 1 saturated carbocycles. The van der Waals surface area contributed by atoms with Gasteiger partial charge in [0, 0.05) is 50.2 Å². The number of halogens is 1. The lowest BCUT2D eigenvalue weighted by Crippen LogP contribution is -2.54. The van der Waals surface area contributed by atoms with E-state index in [1.807, 2.05) is 25.2 Å². The Balaban J connectivity index is 0.00000240. The number of carbonyl (C=O) groups is 1. The number of hydrogen-bond acceptors (Lipinski definition) is 4. The Labute approximate surface area is 188 Å². The summed E-state index contributed by atoms with van der Waals surface area (Å²) in [6.45, 7) is 6.64. The molecule has 1 aliphatic carbocycles. The van der Waals surface area contributed by atoms with Gasteiger partial charge in [0.1, 0.15) is 11.3 Å². The van der Waals surface area contributed by atoms with Crippen molar-refractivity contribution in [2.75, 3.05) is 39.8 Å². The molecule has 7 nitrogen and oxygen atoms in total. The van der Waals surface area contributed by atoms with Crippen LogP contribution >= 0.6 is 24.0 Å². The second-order valence-corrected chi connectivity index (χ2v) is 7.65. The van der Waals surface area contributed by atoms with Crippen molar-refractivity contribution in [2.24, 2.45) is 4.99 Å². The van der Waals surface area contributed by atoms with Gasteiger partial charge in [-0.05, 0) is 25.8 Å². The van der Waals surface area contributed by atoms with E-state index in [1.165, 1.54) is 5.56 Å². The highest BCUT2D eigenvalue weighted by Gasteiger charge is 2.26. The molecule has 0 spiro atoms. The molecule has 2 heterocycles. The smallest absolute Gasteiger partial charge is 0.234 e. The first-order valence-electron chi connectivity index (χ1n) is 10.1. The number of amides is 1. The highest BCUT2D eigenvalue weighted by atomic mass is 127. The van der Waals surface area contributed by atoms with Gasteiger partial charge in [0.2, 0.25) is 5.91 Å². The third kappa shape index (κ3) is 5.42. The Morgan fingerprint density at radius 1 is 1.21 bits per heavy atom. The second-order valence-electron chi connectivity index (χ2n) is 7.65. The van der Waals surface area contributed by atoms with Crippen molar-refractivity contribution < 1.29 is 9.21 Å². The van der Waals surface area contributed by atoms with E-state index in [9.17, 15) is 4.79 Å². The molecule has 29 heavy (non-hydrogen) atoms. The quantitative estimate of drug-likeness (QED) is 0.367. The first kappa shape index (κ1) is 21.9. The number of piperazine rings is 1. The van der Waals surface area contributed by atoms with Crippen molar-refractivity contribution >= 4 is 46.8 Å². The fourth-order valence-electron chi connectivity index (χ4n) is 3.71. The molecule has 2 fully saturated rings. The van der Waals surface area contributed by atoms with E-state index in [-0.39, 0.29) is 29.9 Å². The van der Waals surface area contributed by atoms with Crippen LogP contribution in [0.1, 0.15) is 24.2 Å². The average molecular weight is 511 g/mol. The van der Waals surface area contributed by atoms with Crippen molar-refractivity contribution in [3.8, 4) is 0 Å². The molecular weight excluding hydrogens is 481 g/mol. The summed E-state index contributed by atoms with van der Waals surface area (Å²) in [4.78, 5) is 20.9. The molecule has 0 bridgehead atoms. The lowest BCUT2D eigenvalue weighted by molar-refractivity contribution is -0.122. The van der Waals surface area contributed by atoms with Crippen LogP contribution in [-0.4, -0.2) is 67.5 Å². The Hall–Kier alpha value is -1.81. The molecule has 1 aromatic heterocycles. The summed E-state index contributed by atoms with van der Waals surface area (Å²) < 4.78 is 5.99. The number of aliphatic imine (C=N–C) groups is 1. The first-order valence-corrected chi connectivity index (χ1v) is 10.1. The molecule has 2 aliphatic rings. The fraction of sp³-hybridized carbons (Fsp3) is 0.524. The van der Waals surface area contributed by atoms with Crippen LogP contribution in [0.2, 0.25) is 0 Å². The van der Waals surface area contributed by atoms with Gasteiger partial charge in [0.15, 0.2) is 5.96 Å². The summed E-state index contributed by atoms with van der Waals surface area (Å²) in [6.07, 6.45) is 2.26. The number of hydrogen-bond donors (Lipinski definition) is 2. The van der Waals surface area contributed by atoms with E-state index in [0.29, 0.717) is 19.1 Å². The van der Waals surface area contributed by atoms with Gasteiger partial charge in [0.25, 0.3) is 0 Å². The minimum Gasteiger partial charge on any atom is -0.459 e. The number of benzene rings is 1. The van der Waals surface area contributed by atoms with Crippen LogP contribution in [0.4, 0.5) is 0 Å². The third-order valence-corrected chi connectivity index (χ3v) is 5.54. The topological polar surface area (TPSA) is 73.1 Å². The van der Waals surface area contributed by atoms with Crippen LogP contribution in [0.5, 0.6) is 0 Å². The van der Waals surface area contributed by atoms with Crippen molar-refractivity contribution in [2.45, 2.75) is 32.4 Å². The number of para-hydroxylation sites is 1. The number of aryl methyl sites for hydroxylation is 1. The third-order valence-electron chi connectivity index (χ3n) is 5.54. The zero-order chi connectivity index (χ0) is 19.5. The number of carbonyl (C=O) groups excluding carboxylic acids is 1. The zero-order valence-electron chi connectivity index (χ0n) is 17.1. The van der Waals surface area contributed by atoms with Gasteiger partial charge in [-0.15, -0.1) is 24.0 Å². The van der Waals surface area contributed by atoms with Gasteiger partial charge in [-0.3, -0.25) is 14.7 Å². The maximum absolute atomic E-state index is 12.0. The van der Waals surface area contributed by atoms with Gasteiger partial charge in [-0.2, -0.15) is 0 Å². The molecule has 0 radical (unpaired) electrons. The molecule has 158 valence electrons. The highest BCUT2D eigenvalue weighted by molar-refractivity contribution is 14.0. The molecule has 0 unspecified atom stereocenters. The molecule has 1 amide bonds. The number of fused-ring (bicyclic) bond motifs is 1. The number of guanidine groups is 1. The number of furan rings is 1. The van der Waals surface area contributed by atoms with E-state index < -0.39 is 0 Å². The summed E-state index contributed by atoms with van der Waals surface area (Å²) >= 11 is 0. The predicted octanol–water partition coefficient (Wildman–Crippen LogP) is 2.33. The minimum atomic E-state index is 0. The zero-order valence-corrected chi connectivity index (χ0v) is 19.4. The monoisotopic (exact) mass is 511 g/mol. The van der Waals surface area contributed by atoms with Gasteiger partial charge in [0.05, 0.1) is 13.1 Å². The Kier molecular flexibility index (Phi) is 7.39. The highest BCUT2D eigenvalue weighted by Crippen LogP contribution is 2.24. The van der Waals surface area contributed by atoms with E-state index in [4.69, 9.17) is 4.42 Å². The van der Waals surface area contributed by atoms with Crippen LogP contribution in [0.15, 0.2) is 33.7 Å². The average Bonchev–Trinajstić information content (AvgIpc) is 3.46. The lowest BCUT2D eigenvalue weighted by atomic mass is 10.1. The second kappa shape index (κ2) is 9.80. The first-order chi connectivity index (χ1) is 13.6. The maximum atomic E-state index is 12.0. The van der Waals surface area contributed by atoms with E-state index in [2.05, 4.69) is 38.4 Å². The molecule has 1 aliphatic heterocycles. The van der Waals surface area contributed by atoms with Gasteiger partial charge in [-0.1, -0.05) is 18.2 Å². The largest absolute Gasteiger partial charge is 0.459 e. The molecule has 2 N–H and O–H groups in total. The maximum Gasteiger partial charge on any atom is 0.234 e. The summed E-state index contributed by atoms with van der Waals surface area (Å²) in [5.74, 6) is 1.97. The normalized spacial score (nSPS) is 17.9.